The van der Waals surface area contributed by atoms with Crippen molar-refractivity contribution in [2.75, 3.05) is 0 Å². The molecule has 0 amide bonds. The number of ether oxygens (including phenoxy) is 3. The minimum atomic E-state index is -0.380. The summed E-state index contributed by atoms with van der Waals surface area (Å²) in [5, 5.41) is 0. The summed E-state index contributed by atoms with van der Waals surface area (Å²) in [6.07, 6.45) is -0.271. The van der Waals surface area contributed by atoms with Crippen LogP contribution >= 0.6 is 0 Å². The average Bonchev–Trinajstić information content (AvgIpc) is 2.50. The van der Waals surface area contributed by atoms with Gasteiger partial charge in [0.2, 0.25) is 6.29 Å². The summed E-state index contributed by atoms with van der Waals surface area (Å²) < 4.78 is 17.8. The predicted molar refractivity (Wildman–Crippen MR) is 81.5 cm³/mol. The molecule has 1 aliphatic rings. The first-order chi connectivity index (χ1) is 10.1. The van der Waals surface area contributed by atoms with E-state index in [9.17, 15) is 0 Å². The van der Waals surface area contributed by atoms with Gasteiger partial charge in [0.15, 0.2) is 11.5 Å². The fourth-order valence-electron chi connectivity index (χ4n) is 2.41. The first kappa shape index (κ1) is 14.0. The number of hydrogen-bond donors (Lipinski definition) is 0. The Morgan fingerprint density at radius 1 is 1.10 bits per heavy atom. The standard InChI is InChI=1S/C18H20O3/c1-12(2)20-16-13(3)9-10-15-11-19-18(21-17(15)16)14-7-5-4-6-8-14/h4-10,12,18H,11H2,1-3H3. The Kier molecular flexibility index (Phi) is 3.84. The molecule has 0 bridgehead atoms. The smallest absolute Gasteiger partial charge is 0.227 e. The Balaban J connectivity index is 1.95. The van der Waals surface area contributed by atoms with Crippen LogP contribution in [0.1, 0.15) is 36.8 Å². The van der Waals surface area contributed by atoms with Crippen molar-refractivity contribution in [1.29, 1.82) is 0 Å². The Hall–Kier alpha value is -2.00. The lowest BCUT2D eigenvalue weighted by Crippen LogP contribution is -2.19. The molecule has 21 heavy (non-hydrogen) atoms. The number of benzene rings is 2. The van der Waals surface area contributed by atoms with E-state index >= 15 is 0 Å². The van der Waals surface area contributed by atoms with Gasteiger partial charge in [0.25, 0.3) is 0 Å². The highest BCUT2D eigenvalue weighted by Gasteiger charge is 2.26. The third-order valence-corrected chi connectivity index (χ3v) is 3.43. The Morgan fingerprint density at radius 2 is 1.86 bits per heavy atom. The molecule has 1 heterocycles. The van der Waals surface area contributed by atoms with E-state index in [1.54, 1.807) is 0 Å². The molecule has 3 heteroatoms. The summed E-state index contributed by atoms with van der Waals surface area (Å²) >= 11 is 0. The zero-order valence-corrected chi connectivity index (χ0v) is 12.6. The van der Waals surface area contributed by atoms with E-state index < -0.39 is 0 Å². The van der Waals surface area contributed by atoms with E-state index in [1.807, 2.05) is 63.2 Å². The van der Waals surface area contributed by atoms with Crippen molar-refractivity contribution in [3.63, 3.8) is 0 Å². The first-order valence-corrected chi connectivity index (χ1v) is 7.27. The first-order valence-electron chi connectivity index (χ1n) is 7.27. The van der Waals surface area contributed by atoms with Crippen LogP contribution in [0.4, 0.5) is 0 Å². The molecule has 0 saturated heterocycles. The van der Waals surface area contributed by atoms with Crippen molar-refractivity contribution in [3.05, 3.63) is 59.2 Å². The van der Waals surface area contributed by atoms with Gasteiger partial charge in [-0.25, -0.2) is 0 Å². The quantitative estimate of drug-likeness (QED) is 0.836. The van der Waals surface area contributed by atoms with Crippen LogP contribution in [0, 0.1) is 6.92 Å². The summed E-state index contributed by atoms with van der Waals surface area (Å²) in [6, 6.07) is 14.1. The second-order valence-corrected chi connectivity index (χ2v) is 5.54. The maximum atomic E-state index is 6.08. The fraction of sp³-hybridized carbons (Fsp3) is 0.333. The largest absolute Gasteiger partial charge is 0.487 e. The summed E-state index contributed by atoms with van der Waals surface area (Å²) in [7, 11) is 0. The molecule has 1 aliphatic heterocycles. The van der Waals surface area contributed by atoms with Gasteiger partial charge in [0, 0.05) is 11.1 Å². The highest BCUT2D eigenvalue weighted by atomic mass is 16.7. The van der Waals surface area contributed by atoms with E-state index in [0.717, 1.165) is 28.2 Å². The molecule has 110 valence electrons. The molecule has 2 aromatic rings. The average molecular weight is 284 g/mol. The van der Waals surface area contributed by atoms with E-state index in [0.29, 0.717) is 6.61 Å². The lowest BCUT2D eigenvalue weighted by atomic mass is 10.1. The molecule has 3 nitrogen and oxygen atoms in total. The van der Waals surface area contributed by atoms with Gasteiger partial charge in [-0.15, -0.1) is 0 Å². The molecule has 0 aliphatic carbocycles. The Labute approximate surface area is 125 Å². The van der Waals surface area contributed by atoms with Crippen LogP contribution in [-0.4, -0.2) is 6.10 Å². The molecule has 0 radical (unpaired) electrons. The van der Waals surface area contributed by atoms with Crippen LogP contribution in [0.2, 0.25) is 0 Å². The predicted octanol–water partition coefficient (Wildman–Crippen LogP) is 4.39. The van der Waals surface area contributed by atoms with Gasteiger partial charge in [0.05, 0.1) is 12.7 Å². The second kappa shape index (κ2) is 5.78. The van der Waals surface area contributed by atoms with Crippen molar-refractivity contribution in [3.8, 4) is 11.5 Å². The minimum Gasteiger partial charge on any atom is -0.487 e. The number of fused-ring (bicyclic) bond motifs is 1. The van der Waals surface area contributed by atoms with Crippen molar-refractivity contribution in [2.45, 2.75) is 39.8 Å². The monoisotopic (exact) mass is 284 g/mol. The van der Waals surface area contributed by atoms with Crippen LogP contribution in [0.5, 0.6) is 11.5 Å². The van der Waals surface area contributed by atoms with Crippen molar-refractivity contribution < 1.29 is 14.2 Å². The van der Waals surface area contributed by atoms with Gasteiger partial charge >= 0.3 is 0 Å². The molecule has 0 N–H and O–H groups in total. The molecular formula is C18H20O3. The number of rotatable bonds is 3. The molecule has 1 unspecified atom stereocenters. The molecule has 0 aromatic heterocycles. The Morgan fingerprint density at radius 3 is 2.57 bits per heavy atom. The molecule has 0 fully saturated rings. The molecule has 0 saturated carbocycles. The molecule has 0 spiro atoms. The SMILES string of the molecule is Cc1ccc2c(c1OC(C)C)OC(c1ccccc1)OC2. The van der Waals surface area contributed by atoms with E-state index in [2.05, 4.69) is 0 Å². The molecular weight excluding hydrogens is 264 g/mol. The molecule has 2 aromatic carbocycles. The topological polar surface area (TPSA) is 27.7 Å². The van der Waals surface area contributed by atoms with Gasteiger partial charge in [0.1, 0.15) is 0 Å². The maximum Gasteiger partial charge on any atom is 0.227 e. The Bertz CT molecular complexity index is 620. The van der Waals surface area contributed by atoms with Crippen molar-refractivity contribution in [1.82, 2.24) is 0 Å². The molecule has 3 rings (SSSR count). The van der Waals surface area contributed by atoms with Gasteiger partial charge < -0.3 is 14.2 Å². The zero-order chi connectivity index (χ0) is 14.8. The van der Waals surface area contributed by atoms with Crippen LogP contribution in [0.15, 0.2) is 42.5 Å². The highest BCUT2D eigenvalue weighted by Crippen LogP contribution is 2.42. The van der Waals surface area contributed by atoms with Gasteiger partial charge in [-0.3, -0.25) is 0 Å². The molecule has 1 atom stereocenters. The van der Waals surface area contributed by atoms with E-state index in [1.165, 1.54) is 0 Å². The second-order valence-electron chi connectivity index (χ2n) is 5.54. The van der Waals surface area contributed by atoms with Crippen molar-refractivity contribution in [2.24, 2.45) is 0 Å². The van der Waals surface area contributed by atoms with Crippen LogP contribution in [0.25, 0.3) is 0 Å². The third kappa shape index (κ3) is 2.88. The summed E-state index contributed by atoms with van der Waals surface area (Å²) in [4.78, 5) is 0. The van der Waals surface area contributed by atoms with E-state index in [4.69, 9.17) is 14.2 Å². The maximum absolute atomic E-state index is 6.08. The summed E-state index contributed by atoms with van der Waals surface area (Å²) in [5.74, 6) is 1.63. The lowest BCUT2D eigenvalue weighted by molar-refractivity contribution is -0.113. The van der Waals surface area contributed by atoms with Crippen LogP contribution in [-0.2, 0) is 11.3 Å². The lowest BCUT2D eigenvalue weighted by Gasteiger charge is -2.29. The van der Waals surface area contributed by atoms with E-state index in [-0.39, 0.29) is 12.4 Å². The number of aryl methyl sites for hydroxylation is 1. The fourth-order valence-corrected chi connectivity index (χ4v) is 2.41. The van der Waals surface area contributed by atoms with Gasteiger partial charge in [-0.2, -0.15) is 0 Å². The van der Waals surface area contributed by atoms with Crippen LogP contribution in [0.3, 0.4) is 0 Å². The zero-order valence-electron chi connectivity index (χ0n) is 12.6. The summed E-state index contributed by atoms with van der Waals surface area (Å²) in [6.45, 7) is 6.61. The van der Waals surface area contributed by atoms with Crippen molar-refractivity contribution >= 4 is 0 Å². The minimum absolute atomic E-state index is 0.108. The third-order valence-electron chi connectivity index (χ3n) is 3.43. The van der Waals surface area contributed by atoms with Gasteiger partial charge in [-0.1, -0.05) is 42.5 Å². The summed E-state index contributed by atoms with van der Waals surface area (Å²) in [5.41, 5.74) is 3.12. The normalized spacial score (nSPS) is 17.2. The number of hydrogen-bond acceptors (Lipinski definition) is 3. The van der Waals surface area contributed by atoms with Crippen LogP contribution < -0.4 is 9.47 Å². The van der Waals surface area contributed by atoms with Gasteiger partial charge in [-0.05, 0) is 26.3 Å². The highest BCUT2D eigenvalue weighted by molar-refractivity contribution is 5.52.